The highest BCUT2D eigenvalue weighted by molar-refractivity contribution is 5.70. The Kier molecular flexibility index (Phi) is 11.4. The fourth-order valence-electron chi connectivity index (χ4n) is 4.98. The first-order valence-electron chi connectivity index (χ1n) is 13.4. The molecule has 0 amide bonds. The first-order valence-corrected chi connectivity index (χ1v) is 13.4. The highest BCUT2D eigenvalue weighted by Gasteiger charge is 2.32. The quantitative estimate of drug-likeness (QED) is 0.246. The second kappa shape index (κ2) is 14.5. The Labute approximate surface area is 206 Å². The largest absolute Gasteiger partial charge is 0.458 e. The molecule has 0 aromatic rings. The summed E-state index contributed by atoms with van der Waals surface area (Å²) >= 11 is 0. The van der Waals surface area contributed by atoms with Crippen molar-refractivity contribution in [3.8, 4) is 0 Å². The maximum Gasteiger partial charge on any atom is 0.309 e. The van der Waals surface area contributed by atoms with Crippen LogP contribution in [-0.4, -0.2) is 36.5 Å². The number of carbonyl (C=O) groups is 1. The Morgan fingerprint density at radius 2 is 1.76 bits per heavy atom. The van der Waals surface area contributed by atoms with Gasteiger partial charge in [-0.05, 0) is 71.3 Å². The van der Waals surface area contributed by atoms with E-state index in [4.69, 9.17) is 14.2 Å². The average Bonchev–Trinajstić information content (AvgIpc) is 2.82. The van der Waals surface area contributed by atoms with Gasteiger partial charge in [-0.25, -0.2) is 0 Å². The molecule has 188 valence electrons. The molecule has 4 nitrogen and oxygen atoms in total. The second-order valence-corrected chi connectivity index (χ2v) is 9.94. The van der Waals surface area contributed by atoms with E-state index >= 15 is 0 Å². The molecule has 3 rings (SSSR count). The number of allylic oxidation sites excluding steroid dienone is 7. The van der Waals surface area contributed by atoms with Gasteiger partial charge in [0, 0.05) is 12.8 Å². The number of hydrogen-bond donors (Lipinski definition) is 0. The molecule has 0 saturated carbocycles. The van der Waals surface area contributed by atoms with Crippen LogP contribution in [0.4, 0.5) is 0 Å². The third-order valence-corrected chi connectivity index (χ3v) is 7.09. The summed E-state index contributed by atoms with van der Waals surface area (Å²) in [5.41, 5.74) is 2.71. The zero-order chi connectivity index (χ0) is 24.2. The number of ether oxygens (including phenoxy) is 3. The van der Waals surface area contributed by atoms with Gasteiger partial charge in [-0.15, -0.1) is 0 Å². The van der Waals surface area contributed by atoms with E-state index in [1.807, 2.05) is 24.3 Å². The molecule has 3 aliphatic rings. The number of carbonyl (C=O) groups excluding carboxylic acids is 1. The first-order chi connectivity index (χ1) is 16.6. The maximum absolute atomic E-state index is 12.8. The lowest BCUT2D eigenvalue weighted by atomic mass is 9.91. The van der Waals surface area contributed by atoms with Gasteiger partial charge >= 0.3 is 5.97 Å². The molecular formula is C30H44O4. The lowest BCUT2D eigenvalue weighted by Crippen LogP contribution is -2.36. The van der Waals surface area contributed by atoms with Gasteiger partial charge < -0.3 is 14.2 Å². The standard InChI is InChI=1S/C30H44O4/c1-4-23(3)13-8-6-9-15-26-16-11-7-10-14-25-17-12-18-27(32-25)21-28-19-24(5-2)20-29(33-28)22-30(31)34-26/h5-9,11,13,15,25-29H,4,10,12,14,16-22H2,1-3H3. The van der Waals surface area contributed by atoms with Gasteiger partial charge in [-0.1, -0.05) is 60.6 Å². The third-order valence-electron chi connectivity index (χ3n) is 7.09. The van der Waals surface area contributed by atoms with Crippen LogP contribution in [-0.2, 0) is 19.0 Å². The van der Waals surface area contributed by atoms with Crippen LogP contribution >= 0.6 is 0 Å². The minimum Gasteiger partial charge on any atom is -0.458 e. The number of esters is 1. The highest BCUT2D eigenvalue weighted by atomic mass is 16.5. The van der Waals surface area contributed by atoms with Crippen LogP contribution in [0, 0.1) is 0 Å². The molecule has 0 aromatic carbocycles. The first kappa shape index (κ1) is 26.7. The van der Waals surface area contributed by atoms with Gasteiger partial charge in [-0.3, -0.25) is 4.79 Å². The van der Waals surface area contributed by atoms with Crippen molar-refractivity contribution < 1.29 is 19.0 Å². The SMILES string of the molecule is CC=C1CC2CC(=O)OC(C=CC=CC=C(C)CC)CC=CCCC3CCCC(CC(C1)O2)O3. The van der Waals surface area contributed by atoms with E-state index in [2.05, 4.69) is 45.1 Å². The molecule has 2 saturated heterocycles. The fraction of sp³-hybridized carbons (Fsp3) is 0.633. The van der Waals surface area contributed by atoms with Crippen LogP contribution < -0.4 is 0 Å². The van der Waals surface area contributed by atoms with Gasteiger partial charge in [-0.2, -0.15) is 0 Å². The van der Waals surface area contributed by atoms with E-state index in [-0.39, 0.29) is 30.4 Å². The molecule has 4 bridgehead atoms. The van der Waals surface area contributed by atoms with E-state index in [0.29, 0.717) is 18.9 Å². The molecule has 0 N–H and O–H groups in total. The number of hydrogen-bond acceptors (Lipinski definition) is 4. The summed E-state index contributed by atoms with van der Waals surface area (Å²) in [5.74, 6) is -0.184. The van der Waals surface area contributed by atoms with Gasteiger partial charge in [0.1, 0.15) is 6.10 Å². The van der Waals surface area contributed by atoms with Crippen LogP contribution in [0.2, 0.25) is 0 Å². The Morgan fingerprint density at radius 3 is 2.59 bits per heavy atom. The zero-order valence-corrected chi connectivity index (χ0v) is 21.4. The van der Waals surface area contributed by atoms with E-state index in [1.165, 1.54) is 17.6 Å². The average molecular weight is 469 g/mol. The van der Waals surface area contributed by atoms with Gasteiger partial charge in [0.25, 0.3) is 0 Å². The molecule has 3 aliphatic heterocycles. The number of cyclic esters (lactones) is 1. The predicted molar refractivity (Wildman–Crippen MR) is 139 cm³/mol. The summed E-state index contributed by atoms with van der Waals surface area (Å²) in [7, 11) is 0. The Balaban J connectivity index is 1.70. The Bertz CT molecular complexity index is 788. The van der Waals surface area contributed by atoms with Crippen molar-refractivity contribution in [1.82, 2.24) is 0 Å². The smallest absolute Gasteiger partial charge is 0.309 e. The molecule has 4 heteroatoms. The molecule has 5 atom stereocenters. The summed E-state index contributed by atoms with van der Waals surface area (Å²) in [5, 5.41) is 0. The summed E-state index contributed by atoms with van der Waals surface area (Å²) in [4.78, 5) is 12.8. The molecule has 0 aromatic heterocycles. The van der Waals surface area contributed by atoms with Crippen LogP contribution in [0.3, 0.4) is 0 Å². The third kappa shape index (κ3) is 9.38. The molecule has 3 heterocycles. The van der Waals surface area contributed by atoms with Crippen LogP contribution in [0.1, 0.15) is 91.4 Å². The Morgan fingerprint density at radius 1 is 0.971 bits per heavy atom. The van der Waals surface area contributed by atoms with Crippen molar-refractivity contribution in [2.75, 3.05) is 0 Å². The van der Waals surface area contributed by atoms with Crippen LogP contribution in [0.25, 0.3) is 0 Å². The summed E-state index contributed by atoms with van der Waals surface area (Å²) in [6.45, 7) is 6.36. The molecule has 0 aliphatic carbocycles. The van der Waals surface area contributed by atoms with E-state index < -0.39 is 0 Å². The summed E-state index contributed by atoms with van der Waals surface area (Å²) in [6, 6.07) is 0. The highest BCUT2D eigenvalue weighted by Crippen LogP contribution is 2.32. The summed E-state index contributed by atoms with van der Waals surface area (Å²) in [6.07, 6.45) is 27.2. The maximum atomic E-state index is 12.8. The number of fused-ring (bicyclic) bond motifs is 4. The van der Waals surface area contributed by atoms with E-state index in [9.17, 15) is 4.79 Å². The molecule has 0 radical (unpaired) electrons. The van der Waals surface area contributed by atoms with Crippen molar-refractivity contribution in [2.45, 2.75) is 122 Å². The predicted octanol–water partition coefficient (Wildman–Crippen LogP) is 7.32. The van der Waals surface area contributed by atoms with Crippen molar-refractivity contribution in [3.63, 3.8) is 0 Å². The van der Waals surface area contributed by atoms with Gasteiger partial charge in [0.05, 0.1) is 30.8 Å². The molecule has 34 heavy (non-hydrogen) atoms. The monoisotopic (exact) mass is 468 g/mol. The van der Waals surface area contributed by atoms with E-state index in [1.54, 1.807) is 0 Å². The van der Waals surface area contributed by atoms with E-state index in [0.717, 1.165) is 51.4 Å². The zero-order valence-electron chi connectivity index (χ0n) is 21.4. The van der Waals surface area contributed by atoms with Crippen molar-refractivity contribution in [3.05, 3.63) is 59.8 Å². The van der Waals surface area contributed by atoms with Crippen molar-refractivity contribution in [1.29, 1.82) is 0 Å². The Hall–Kier alpha value is -1.91. The van der Waals surface area contributed by atoms with Crippen LogP contribution in [0.15, 0.2) is 59.8 Å². The molecular weight excluding hydrogens is 424 g/mol. The number of rotatable bonds is 4. The molecule has 0 spiro atoms. The fourth-order valence-corrected chi connectivity index (χ4v) is 4.98. The molecule has 2 fully saturated rings. The van der Waals surface area contributed by atoms with Gasteiger partial charge in [0.2, 0.25) is 0 Å². The molecule has 5 unspecified atom stereocenters. The topological polar surface area (TPSA) is 44.8 Å². The lowest BCUT2D eigenvalue weighted by Gasteiger charge is -2.36. The second-order valence-electron chi connectivity index (χ2n) is 9.94. The van der Waals surface area contributed by atoms with Crippen molar-refractivity contribution >= 4 is 5.97 Å². The van der Waals surface area contributed by atoms with Crippen LogP contribution in [0.5, 0.6) is 0 Å². The normalized spacial score (nSPS) is 33.5. The minimum atomic E-state index is -0.270. The minimum absolute atomic E-state index is 0.119. The van der Waals surface area contributed by atoms with Crippen molar-refractivity contribution in [2.24, 2.45) is 0 Å². The van der Waals surface area contributed by atoms with Gasteiger partial charge in [0.15, 0.2) is 0 Å². The summed E-state index contributed by atoms with van der Waals surface area (Å²) < 4.78 is 18.7. The lowest BCUT2D eigenvalue weighted by molar-refractivity contribution is -0.153.